The molecule has 2 heterocycles. The highest BCUT2D eigenvalue weighted by Gasteiger charge is 2.27. The molecule has 1 fully saturated rings. The number of hydrogen-bond acceptors (Lipinski definition) is 3. The molecule has 1 saturated heterocycles. The molecule has 0 amide bonds. The third-order valence-corrected chi connectivity index (χ3v) is 4.27. The summed E-state index contributed by atoms with van der Waals surface area (Å²) in [6, 6.07) is 10.9. The average molecular weight is 267 g/mol. The lowest BCUT2D eigenvalue weighted by Gasteiger charge is -2.37. The van der Waals surface area contributed by atoms with Crippen molar-refractivity contribution in [1.82, 2.24) is 14.9 Å². The molecule has 1 aliphatic rings. The van der Waals surface area contributed by atoms with Gasteiger partial charge in [-0.1, -0.05) is 37.3 Å². The molecular formula is C17H21N3. The molecule has 0 bridgehead atoms. The Morgan fingerprint density at radius 3 is 2.80 bits per heavy atom. The Labute approximate surface area is 120 Å². The maximum Gasteiger partial charge on any atom is 0.0726 e. The van der Waals surface area contributed by atoms with Gasteiger partial charge in [-0.25, -0.2) is 0 Å². The summed E-state index contributed by atoms with van der Waals surface area (Å²) in [5.74, 6) is 1.37. The van der Waals surface area contributed by atoms with Crippen molar-refractivity contribution in [3.63, 3.8) is 0 Å². The number of piperidine rings is 1. The Kier molecular flexibility index (Phi) is 4.07. The van der Waals surface area contributed by atoms with E-state index in [1.165, 1.54) is 12.0 Å². The van der Waals surface area contributed by atoms with E-state index in [1.807, 2.05) is 6.20 Å². The number of likely N-dealkylation sites (tertiary alicyclic amines) is 1. The van der Waals surface area contributed by atoms with E-state index in [-0.39, 0.29) is 0 Å². The zero-order valence-electron chi connectivity index (χ0n) is 11.9. The van der Waals surface area contributed by atoms with Gasteiger partial charge in [0.15, 0.2) is 0 Å². The lowest BCUT2D eigenvalue weighted by molar-refractivity contribution is 0.158. The molecule has 1 aromatic carbocycles. The van der Waals surface area contributed by atoms with Crippen LogP contribution in [0.1, 0.15) is 30.5 Å². The summed E-state index contributed by atoms with van der Waals surface area (Å²) >= 11 is 0. The molecule has 2 unspecified atom stereocenters. The molecule has 3 nitrogen and oxygen atoms in total. The first kappa shape index (κ1) is 13.3. The van der Waals surface area contributed by atoms with Crippen LogP contribution >= 0.6 is 0 Å². The van der Waals surface area contributed by atoms with Gasteiger partial charge in [0.1, 0.15) is 0 Å². The van der Waals surface area contributed by atoms with Crippen molar-refractivity contribution < 1.29 is 0 Å². The van der Waals surface area contributed by atoms with Crippen LogP contribution in [0.3, 0.4) is 0 Å². The number of hydrogen-bond donors (Lipinski definition) is 0. The Morgan fingerprint density at radius 2 is 2.05 bits per heavy atom. The maximum atomic E-state index is 4.39. The molecule has 3 heteroatoms. The van der Waals surface area contributed by atoms with Crippen molar-refractivity contribution in [2.24, 2.45) is 5.92 Å². The number of rotatable bonds is 3. The number of benzene rings is 1. The fraction of sp³-hybridized carbons (Fsp3) is 0.412. The van der Waals surface area contributed by atoms with Crippen LogP contribution < -0.4 is 0 Å². The topological polar surface area (TPSA) is 29.0 Å². The second-order valence-electron chi connectivity index (χ2n) is 5.72. The Morgan fingerprint density at radius 1 is 1.20 bits per heavy atom. The Bertz CT molecular complexity index is 526. The van der Waals surface area contributed by atoms with Crippen LogP contribution in [0.5, 0.6) is 0 Å². The van der Waals surface area contributed by atoms with E-state index in [0.717, 1.165) is 31.2 Å². The van der Waals surface area contributed by atoms with Crippen LogP contribution in [0.15, 0.2) is 48.9 Å². The van der Waals surface area contributed by atoms with Gasteiger partial charge in [0.05, 0.1) is 5.69 Å². The Hall–Kier alpha value is -1.74. The quantitative estimate of drug-likeness (QED) is 0.855. The fourth-order valence-electron chi connectivity index (χ4n) is 3.06. The van der Waals surface area contributed by atoms with Gasteiger partial charge in [-0.3, -0.25) is 14.9 Å². The summed E-state index contributed by atoms with van der Waals surface area (Å²) < 4.78 is 0. The SMILES string of the molecule is CC1CCN(Cc2cnccn2)CC1c1ccccc1. The van der Waals surface area contributed by atoms with Crippen molar-refractivity contribution in [2.45, 2.75) is 25.8 Å². The predicted molar refractivity (Wildman–Crippen MR) is 80.3 cm³/mol. The number of nitrogens with zero attached hydrogens (tertiary/aromatic N) is 3. The molecule has 0 radical (unpaired) electrons. The van der Waals surface area contributed by atoms with Crippen LogP contribution in [-0.4, -0.2) is 28.0 Å². The summed E-state index contributed by atoms with van der Waals surface area (Å²) in [7, 11) is 0. The normalized spacial score (nSPS) is 23.6. The molecule has 1 aromatic heterocycles. The van der Waals surface area contributed by atoms with Crippen molar-refractivity contribution in [3.05, 3.63) is 60.2 Å². The smallest absolute Gasteiger partial charge is 0.0726 e. The lowest BCUT2D eigenvalue weighted by Crippen LogP contribution is -2.38. The summed E-state index contributed by atoms with van der Waals surface area (Å²) in [6.07, 6.45) is 6.63. The first-order chi connectivity index (χ1) is 9.83. The van der Waals surface area contributed by atoms with Crippen LogP contribution in [0.4, 0.5) is 0 Å². The van der Waals surface area contributed by atoms with Gasteiger partial charge in [-0.15, -0.1) is 0 Å². The van der Waals surface area contributed by atoms with Crippen molar-refractivity contribution in [1.29, 1.82) is 0 Å². The number of aromatic nitrogens is 2. The molecule has 20 heavy (non-hydrogen) atoms. The fourth-order valence-corrected chi connectivity index (χ4v) is 3.06. The van der Waals surface area contributed by atoms with E-state index in [2.05, 4.69) is 52.1 Å². The highest BCUT2D eigenvalue weighted by atomic mass is 15.1. The highest BCUT2D eigenvalue weighted by molar-refractivity contribution is 5.21. The van der Waals surface area contributed by atoms with E-state index >= 15 is 0 Å². The minimum absolute atomic E-state index is 0.627. The predicted octanol–water partition coefficient (Wildman–Crippen LogP) is 3.10. The van der Waals surface area contributed by atoms with Gasteiger partial charge in [0.25, 0.3) is 0 Å². The molecular weight excluding hydrogens is 246 g/mol. The van der Waals surface area contributed by atoms with Gasteiger partial charge >= 0.3 is 0 Å². The van der Waals surface area contributed by atoms with Crippen LogP contribution in [0.25, 0.3) is 0 Å². The van der Waals surface area contributed by atoms with Gasteiger partial charge < -0.3 is 0 Å². The lowest BCUT2D eigenvalue weighted by atomic mass is 9.82. The minimum atomic E-state index is 0.627. The molecule has 0 saturated carbocycles. The van der Waals surface area contributed by atoms with E-state index in [0.29, 0.717) is 5.92 Å². The van der Waals surface area contributed by atoms with Gasteiger partial charge in [0, 0.05) is 31.7 Å². The van der Waals surface area contributed by atoms with Gasteiger partial charge in [-0.2, -0.15) is 0 Å². The monoisotopic (exact) mass is 267 g/mol. The standard InChI is InChI=1S/C17H21N3/c1-14-7-10-20(12-16-11-18-8-9-19-16)13-17(14)15-5-3-2-4-6-15/h2-6,8-9,11,14,17H,7,10,12-13H2,1H3. The Balaban J connectivity index is 1.70. The van der Waals surface area contributed by atoms with Crippen LogP contribution in [-0.2, 0) is 6.54 Å². The average Bonchev–Trinajstić information content (AvgIpc) is 2.51. The van der Waals surface area contributed by atoms with Crippen LogP contribution in [0, 0.1) is 5.92 Å². The van der Waals surface area contributed by atoms with Crippen molar-refractivity contribution in [3.8, 4) is 0 Å². The van der Waals surface area contributed by atoms with E-state index in [4.69, 9.17) is 0 Å². The molecule has 1 aliphatic heterocycles. The van der Waals surface area contributed by atoms with E-state index in [9.17, 15) is 0 Å². The summed E-state index contributed by atoms with van der Waals surface area (Å²) in [5, 5.41) is 0. The van der Waals surface area contributed by atoms with E-state index in [1.54, 1.807) is 12.4 Å². The van der Waals surface area contributed by atoms with E-state index < -0.39 is 0 Å². The van der Waals surface area contributed by atoms with Crippen molar-refractivity contribution in [2.75, 3.05) is 13.1 Å². The summed E-state index contributed by atoms with van der Waals surface area (Å²) in [6.45, 7) is 5.55. The molecule has 2 aromatic rings. The van der Waals surface area contributed by atoms with Gasteiger partial charge in [0.2, 0.25) is 0 Å². The largest absolute Gasteiger partial charge is 0.297 e. The molecule has 104 valence electrons. The molecule has 2 atom stereocenters. The summed E-state index contributed by atoms with van der Waals surface area (Å²) in [5.41, 5.74) is 2.53. The molecule has 0 spiro atoms. The second-order valence-corrected chi connectivity index (χ2v) is 5.72. The second kappa shape index (κ2) is 6.14. The maximum absolute atomic E-state index is 4.39. The minimum Gasteiger partial charge on any atom is -0.297 e. The zero-order chi connectivity index (χ0) is 13.8. The summed E-state index contributed by atoms with van der Waals surface area (Å²) in [4.78, 5) is 11.0. The first-order valence-electron chi connectivity index (χ1n) is 7.35. The first-order valence-corrected chi connectivity index (χ1v) is 7.35. The van der Waals surface area contributed by atoms with Gasteiger partial charge in [-0.05, 0) is 30.4 Å². The third-order valence-electron chi connectivity index (χ3n) is 4.27. The highest BCUT2D eigenvalue weighted by Crippen LogP contribution is 2.32. The molecule has 0 aliphatic carbocycles. The van der Waals surface area contributed by atoms with Crippen LogP contribution in [0.2, 0.25) is 0 Å². The molecule has 3 rings (SSSR count). The third kappa shape index (κ3) is 3.05. The zero-order valence-corrected chi connectivity index (χ0v) is 11.9. The molecule has 0 N–H and O–H groups in total. The van der Waals surface area contributed by atoms with Crippen molar-refractivity contribution >= 4 is 0 Å².